The number of amides is 1. The van der Waals surface area contributed by atoms with Gasteiger partial charge in [0.25, 0.3) is 5.91 Å². The van der Waals surface area contributed by atoms with Crippen molar-refractivity contribution in [3.05, 3.63) is 29.3 Å². The van der Waals surface area contributed by atoms with Gasteiger partial charge in [-0.2, -0.15) is 0 Å². The average Bonchev–Trinajstić information content (AvgIpc) is 2.42. The van der Waals surface area contributed by atoms with Crippen LogP contribution < -0.4 is 5.32 Å². The van der Waals surface area contributed by atoms with E-state index in [0.29, 0.717) is 0 Å². The summed E-state index contributed by atoms with van der Waals surface area (Å²) in [6, 6.07) is 5.63. The Hall–Kier alpha value is -1.12. The van der Waals surface area contributed by atoms with Gasteiger partial charge in [-0.25, -0.2) is 0 Å². The summed E-state index contributed by atoms with van der Waals surface area (Å²) >= 11 is 0. The van der Waals surface area contributed by atoms with Gasteiger partial charge in [0.2, 0.25) is 0 Å². The fourth-order valence-corrected chi connectivity index (χ4v) is 2.43. The van der Waals surface area contributed by atoms with Crippen LogP contribution in [0.15, 0.2) is 18.2 Å². The lowest BCUT2D eigenvalue weighted by atomic mass is 10.1. The minimum Gasteiger partial charge on any atom is -0.323 e. The molecular formula is C11H14NO3P. The third-order valence-electron chi connectivity index (χ3n) is 2.34. The molecular weight excluding hydrogens is 225 g/mol. The van der Waals surface area contributed by atoms with Gasteiger partial charge in [0, 0.05) is 24.6 Å². The van der Waals surface area contributed by atoms with E-state index in [1.165, 1.54) is 13.3 Å². The van der Waals surface area contributed by atoms with Crippen LogP contribution in [-0.2, 0) is 13.9 Å². The summed E-state index contributed by atoms with van der Waals surface area (Å²) < 4.78 is 16.9. The van der Waals surface area contributed by atoms with E-state index >= 15 is 0 Å². The molecule has 1 aromatic carbocycles. The molecule has 1 aliphatic heterocycles. The molecule has 0 radical (unpaired) electrons. The van der Waals surface area contributed by atoms with Crippen LogP contribution in [0.3, 0.4) is 0 Å². The van der Waals surface area contributed by atoms with E-state index in [0.717, 1.165) is 16.8 Å². The van der Waals surface area contributed by atoms with Crippen molar-refractivity contribution in [3.63, 3.8) is 0 Å². The zero-order valence-corrected chi connectivity index (χ0v) is 10.4. The maximum Gasteiger partial charge on any atom is 0.258 e. The van der Waals surface area contributed by atoms with E-state index in [2.05, 4.69) is 5.32 Å². The van der Waals surface area contributed by atoms with Crippen molar-refractivity contribution in [2.24, 2.45) is 0 Å². The SMILES string of the molecule is Cc1ccc2c(c1)C(OP(C)(C)=O)C(=O)N2. The summed E-state index contributed by atoms with van der Waals surface area (Å²) in [4.78, 5) is 11.7. The molecule has 0 aliphatic carbocycles. The highest BCUT2D eigenvalue weighted by Crippen LogP contribution is 2.47. The number of hydrogen-bond acceptors (Lipinski definition) is 3. The van der Waals surface area contributed by atoms with Crippen LogP contribution in [0, 0.1) is 6.92 Å². The summed E-state index contributed by atoms with van der Waals surface area (Å²) in [5, 5.41) is 2.71. The summed E-state index contributed by atoms with van der Waals surface area (Å²) in [5.41, 5.74) is 2.56. The highest BCUT2D eigenvalue weighted by molar-refractivity contribution is 7.57. The highest BCUT2D eigenvalue weighted by atomic mass is 31.2. The second kappa shape index (κ2) is 3.72. The number of rotatable bonds is 2. The molecule has 16 heavy (non-hydrogen) atoms. The molecule has 0 saturated carbocycles. The molecule has 1 heterocycles. The van der Waals surface area contributed by atoms with Crippen molar-refractivity contribution in [2.45, 2.75) is 13.0 Å². The molecule has 86 valence electrons. The van der Waals surface area contributed by atoms with Crippen molar-refractivity contribution in [2.75, 3.05) is 18.6 Å². The Kier molecular flexibility index (Phi) is 2.64. The minimum atomic E-state index is -2.68. The first-order chi connectivity index (χ1) is 7.37. The van der Waals surface area contributed by atoms with Crippen molar-refractivity contribution in [3.8, 4) is 0 Å². The number of nitrogens with one attached hydrogen (secondary N) is 1. The summed E-state index contributed by atoms with van der Waals surface area (Å²) in [6.07, 6.45) is -0.740. The topological polar surface area (TPSA) is 55.4 Å². The molecule has 2 rings (SSSR count). The third kappa shape index (κ3) is 2.18. The Morgan fingerprint density at radius 2 is 2.06 bits per heavy atom. The molecule has 0 fully saturated rings. The van der Waals surface area contributed by atoms with Crippen LogP contribution in [0.25, 0.3) is 0 Å². The van der Waals surface area contributed by atoms with Crippen LogP contribution in [0.5, 0.6) is 0 Å². The van der Waals surface area contributed by atoms with E-state index < -0.39 is 13.5 Å². The Balaban J connectivity index is 2.39. The number of anilines is 1. The fourth-order valence-electron chi connectivity index (χ4n) is 1.71. The van der Waals surface area contributed by atoms with E-state index in [4.69, 9.17) is 4.52 Å². The largest absolute Gasteiger partial charge is 0.323 e. The molecule has 1 N–H and O–H groups in total. The first-order valence-corrected chi connectivity index (χ1v) is 7.53. The van der Waals surface area contributed by atoms with Gasteiger partial charge in [0.05, 0.1) is 0 Å². The first-order valence-electron chi connectivity index (χ1n) is 5.01. The van der Waals surface area contributed by atoms with Gasteiger partial charge in [-0.1, -0.05) is 17.7 Å². The molecule has 0 aromatic heterocycles. The second-order valence-electron chi connectivity index (χ2n) is 4.32. The van der Waals surface area contributed by atoms with Crippen LogP contribution in [0.1, 0.15) is 17.2 Å². The predicted octanol–water partition coefficient (Wildman–Crippen LogP) is 2.54. The zero-order valence-electron chi connectivity index (χ0n) is 9.48. The highest BCUT2D eigenvalue weighted by Gasteiger charge is 2.34. The third-order valence-corrected chi connectivity index (χ3v) is 3.06. The Morgan fingerprint density at radius 1 is 1.38 bits per heavy atom. The number of hydrogen-bond donors (Lipinski definition) is 1. The molecule has 0 bridgehead atoms. The van der Waals surface area contributed by atoms with E-state index in [1.807, 2.05) is 25.1 Å². The first kappa shape index (κ1) is 11.4. The number of carbonyl (C=O) groups excluding carboxylic acids is 1. The average molecular weight is 239 g/mol. The normalized spacial score (nSPS) is 19.4. The Labute approximate surface area is 94.5 Å². The number of benzene rings is 1. The molecule has 4 nitrogen and oxygen atoms in total. The van der Waals surface area contributed by atoms with Crippen LogP contribution >= 0.6 is 7.37 Å². The molecule has 1 amide bonds. The smallest absolute Gasteiger partial charge is 0.258 e. The zero-order chi connectivity index (χ0) is 11.9. The van der Waals surface area contributed by atoms with Crippen molar-refractivity contribution in [1.29, 1.82) is 0 Å². The quantitative estimate of drug-likeness (QED) is 0.807. The maximum atomic E-state index is 11.7. The van der Waals surface area contributed by atoms with Crippen LogP contribution in [0.4, 0.5) is 5.69 Å². The van der Waals surface area contributed by atoms with Crippen molar-refractivity contribution >= 4 is 19.0 Å². The molecule has 5 heteroatoms. The number of aryl methyl sites for hydroxylation is 1. The van der Waals surface area contributed by atoms with Gasteiger partial charge in [-0.3, -0.25) is 9.36 Å². The monoisotopic (exact) mass is 239 g/mol. The molecule has 0 spiro atoms. The van der Waals surface area contributed by atoms with Gasteiger partial charge in [0.15, 0.2) is 13.5 Å². The van der Waals surface area contributed by atoms with Gasteiger partial charge in [-0.05, 0) is 13.0 Å². The van der Waals surface area contributed by atoms with E-state index in [1.54, 1.807) is 0 Å². The van der Waals surface area contributed by atoms with Crippen molar-refractivity contribution in [1.82, 2.24) is 0 Å². The van der Waals surface area contributed by atoms with E-state index in [-0.39, 0.29) is 5.91 Å². The van der Waals surface area contributed by atoms with Crippen LogP contribution in [-0.4, -0.2) is 19.2 Å². The fraction of sp³-hybridized carbons (Fsp3) is 0.364. The Bertz CT molecular complexity index is 492. The molecule has 0 saturated heterocycles. The van der Waals surface area contributed by atoms with Gasteiger partial charge >= 0.3 is 0 Å². The van der Waals surface area contributed by atoms with Crippen LogP contribution in [0.2, 0.25) is 0 Å². The molecule has 1 aliphatic rings. The minimum absolute atomic E-state index is 0.246. The predicted molar refractivity (Wildman–Crippen MR) is 63.1 cm³/mol. The lowest BCUT2D eigenvalue weighted by Gasteiger charge is -2.14. The van der Waals surface area contributed by atoms with Gasteiger partial charge in [0.1, 0.15) is 0 Å². The van der Waals surface area contributed by atoms with Crippen molar-refractivity contribution < 1.29 is 13.9 Å². The maximum absolute atomic E-state index is 11.7. The molecule has 1 atom stereocenters. The number of fused-ring (bicyclic) bond motifs is 1. The Morgan fingerprint density at radius 3 is 2.69 bits per heavy atom. The number of carbonyl (C=O) groups is 1. The van der Waals surface area contributed by atoms with Gasteiger partial charge < -0.3 is 9.84 Å². The molecule has 1 aromatic rings. The standard InChI is InChI=1S/C11H14NO3P/c1-7-4-5-9-8(6-7)10(11(13)12-9)15-16(2,3)14/h4-6,10H,1-3H3,(H,12,13). The van der Waals surface area contributed by atoms with Gasteiger partial charge in [-0.15, -0.1) is 0 Å². The summed E-state index contributed by atoms with van der Waals surface area (Å²) in [6.45, 7) is 4.96. The molecule has 1 unspecified atom stereocenters. The lowest BCUT2D eigenvalue weighted by Crippen LogP contribution is -2.13. The summed E-state index contributed by atoms with van der Waals surface area (Å²) in [7, 11) is -2.68. The lowest BCUT2D eigenvalue weighted by molar-refractivity contribution is -0.122. The second-order valence-corrected chi connectivity index (χ2v) is 7.03. The summed E-state index contributed by atoms with van der Waals surface area (Å²) in [5.74, 6) is -0.246. The van der Waals surface area contributed by atoms with E-state index in [9.17, 15) is 9.36 Å².